The van der Waals surface area contributed by atoms with E-state index in [2.05, 4.69) is 0 Å². The second-order valence-electron chi connectivity index (χ2n) is 4.87. The van der Waals surface area contributed by atoms with Crippen molar-refractivity contribution < 1.29 is 14.6 Å². The zero-order valence-electron chi connectivity index (χ0n) is 10.7. The third-order valence-corrected chi connectivity index (χ3v) is 2.48. The molecule has 92 valence electrons. The Morgan fingerprint density at radius 1 is 1.24 bits per heavy atom. The maximum atomic E-state index is 10.9. The van der Waals surface area contributed by atoms with Crippen LogP contribution in [0.25, 0.3) is 5.57 Å². The van der Waals surface area contributed by atoms with Crippen molar-refractivity contribution in [3.05, 3.63) is 35.9 Å². The molecule has 1 N–H and O–H groups in total. The number of rotatable bonds is 3. The van der Waals surface area contributed by atoms with E-state index in [0.29, 0.717) is 0 Å². The fourth-order valence-electron chi connectivity index (χ4n) is 1.63. The predicted octanol–water partition coefficient (Wildman–Crippen LogP) is 3.21. The minimum Gasteiger partial charge on any atom is -0.497 e. The summed E-state index contributed by atoms with van der Waals surface area (Å²) in [7, 11) is 1.60. The van der Waals surface area contributed by atoms with Gasteiger partial charge >= 0.3 is 5.97 Å². The summed E-state index contributed by atoms with van der Waals surface area (Å²) < 4.78 is 5.08. The van der Waals surface area contributed by atoms with Crippen LogP contribution in [0.15, 0.2) is 30.3 Å². The molecule has 0 heterocycles. The predicted molar refractivity (Wildman–Crippen MR) is 68.1 cm³/mol. The molecule has 0 atom stereocenters. The molecule has 0 aliphatic heterocycles. The Hall–Kier alpha value is -1.77. The number of methoxy groups -OCH3 is 1. The van der Waals surface area contributed by atoms with Gasteiger partial charge in [-0.15, -0.1) is 0 Å². The molecule has 0 saturated carbocycles. The van der Waals surface area contributed by atoms with Gasteiger partial charge < -0.3 is 9.84 Å². The molecule has 0 aliphatic rings. The first-order valence-corrected chi connectivity index (χ1v) is 5.44. The highest BCUT2D eigenvalue weighted by atomic mass is 16.5. The van der Waals surface area contributed by atoms with E-state index in [1.54, 1.807) is 7.11 Å². The second-order valence-corrected chi connectivity index (χ2v) is 4.87. The SMILES string of the molecule is COc1ccc(/C(=C/C(=O)O)C(C)(C)C)cc1. The Kier molecular flexibility index (Phi) is 3.94. The van der Waals surface area contributed by atoms with E-state index in [4.69, 9.17) is 9.84 Å². The smallest absolute Gasteiger partial charge is 0.328 e. The van der Waals surface area contributed by atoms with Crippen LogP contribution in [0.1, 0.15) is 26.3 Å². The summed E-state index contributed by atoms with van der Waals surface area (Å²) in [5.74, 6) is -0.164. The van der Waals surface area contributed by atoms with E-state index in [0.717, 1.165) is 16.9 Å². The van der Waals surface area contributed by atoms with Crippen molar-refractivity contribution in [1.29, 1.82) is 0 Å². The Morgan fingerprint density at radius 3 is 2.12 bits per heavy atom. The first-order valence-electron chi connectivity index (χ1n) is 5.44. The van der Waals surface area contributed by atoms with Crippen molar-refractivity contribution in [2.24, 2.45) is 5.41 Å². The highest BCUT2D eigenvalue weighted by molar-refractivity contribution is 5.91. The van der Waals surface area contributed by atoms with Gasteiger partial charge in [-0.3, -0.25) is 0 Å². The number of allylic oxidation sites excluding steroid dienone is 1. The number of benzene rings is 1. The molecular weight excluding hydrogens is 216 g/mol. The molecule has 3 nitrogen and oxygen atoms in total. The largest absolute Gasteiger partial charge is 0.497 e. The van der Waals surface area contributed by atoms with Gasteiger partial charge in [0, 0.05) is 6.08 Å². The molecule has 0 unspecified atom stereocenters. The maximum absolute atomic E-state index is 10.9. The minimum atomic E-state index is -0.925. The van der Waals surface area contributed by atoms with Crippen LogP contribution in [0.5, 0.6) is 5.75 Å². The van der Waals surface area contributed by atoms with Crippen LogP contribution in [0.2, 0.25) is 0 Å². The highest BCUT2D eigenvalue weighted by Gasteiger charge is 2.19. The number of hydrogen-bond acceptors (Lipinski definition) is 2. The van der Waals surface area contributed by atoms with Crippen molar-refractivity contribution in [3.63, 3.8) is 0 Å². The second kappa shape index (κ2) is 5.04. The topological polar surface area (TPSA) is 46.5 Å². The fraction of sp³-hybridized carbons (Fsp3) is 0.357. The fourth-order valence-corrected chi connectivity index (χ4v) is 1.63. The van der Waals surface area contributed by atoms with Crippen LogP contribution in [-0.2, 0) is 4.79 Å². The van der Waals surface area contributed by atoms with Gasteiger partial charge in [0.1, 0.15) is 5.75 Å². The van der Waals surface area contributed by atoms with E-state index in [1.165, 1.54) is 6.08 Å². The summed E-state index contributed by atoms with van der Waals surface area (Å²) in [5, 5.41) is 8.91. The Balaban J connectivity index is 3.19. The van der Waals surface area contributed by atoms with Gasteiger partial charge in [0.05, 0.1) is 7.11 Å². The lowest BCUT2D eigenvalue weighted by Gasteiger charge is -2.23. The number of carbonyl (C=O) groups is 1. The van der Waals surface area contributed by atoms with Crippen LogP contribution >= 0.6 is 0 Å². The van der Waals surface area contributed by atoms with Crippen molar-refractivity contribution >= 4 is 11.5 Å². The van der Waals surface area contributed by atoms with Gasteiger partial charge in [0.25, 0.3) is 0 Å². The average molecular weight is 234 g/mol. The zero-order valence-corrected chi connectivity index (χ0v) is 10.7. The number of hydrogen-bond donors (Lipinski definition) is 1. The van der Waals surface area contributed by atoms with Crippen LogP contribution < -0.4 is 4.74 Å². The van der Waals surface area contributed by atoms with Gasteiger partial charge in [-0.2, -0.15) is 0 Å². The Labute approximate surface area is 102 Å². The standard InChI is InChI=1S/C14H18O3/c1-14(2,3)12(9-13(15)16)10-5-7-11(17-4)8-6-10/h5-9H,1-4H3,(H,15,16)/b12-9-. The number of carboxylic acid groups (broad SMARTS) is 1. The molecular formula is C14H18O3. The van der Waals surface area contributed by atoms with Crippen LogP contribution in [-0.4, -0.2) is 18.2 Å². The molecule has 0 radical (unpaired) electrons. The third-order valence-electron chi connectivity index (χ3n) is 2.48. The molecule has 17 heavy (non-hydrogen) atoms. The molecule has 0 fully saturated rings. The molecule has 1 aromatic rings. The normalized spacial score (nSPS) is 12.4. The van der Waals surface area contributed by atoms with Gasteiger partial charge in [-0.05, 0) is 28.7 Å². The molecule has 0 spiro atoms. The van der Waals surface area contributed by atoms with Gasteiger partial charge in [-0.1, -0.05) is 32.9 Å². The van der Waals surface area contributed by atoms with Crippen molar-refractivity contribution in [3.8, 4) is 5.75 Å². The summed E-state index contributed by atoms with van der Waals surface area (Å²) in [5.41, 5.74) is 1.49. The quantitative estimate of drug-likeness (QED) is 0.817. The lowest BCUT2D eigenvalue weighted by Crippen LogP contribution is -2.10. The number of carboxylic acids is 1. The molecule has 0 saturated heterocycles. The van der Waals surface area contributed by atoms with Crippen molar-refractivity contribution in [1.82, 2.24) is 0 Å². The maximum Gasteiger partial charge on any atom is 0.328 e. The average Bonchev–Trinajstić information content (AvgIpc) is 2.24. The molecule has 1 aromatic carbocycles. The van der Waals surface area contributed by atoms with Crippen molar-refractivity contribution in [2.45, 2.75) is 20.8 Å². The van der Waals surface area contributed by atoms with E-state index in [9.17, 15) is 4.79 Å². The summed E-state index contributed by atoms with van der Waals surface area (Å²) in [6.07, 6.45) is 1.27. The van der Waals surface area contributed by atoms with Gasteiger partial charge in [-0.25, -0.2) is 4.79 Å². The highest BCUT2D eigenvalue weighted by Crippen LogP contribution is 2.34. The van der Waals surface area contributed by atoms with Crippen molar-refractivity contribution in [2.75, 3.05) is 7.11 Å². The van der Waals surface area contributed by atoms with Crippen LogP contribution in [0, 0.1) is 5.41 Å². The zero-order chi connectivity index (χ0) is 13.1. The minimum absolute atomic E-state index is 0.215. The van der Waals surface area contributed by atoms with Gasteiger partial charge in [0.2, 0.25) is 0 Å². The van der Waals surface area contributed by atoms with E-state index >= 15 is 0 Å². The summed E-state index contributed by atoms with van der Waals surface area (Å²) in [6.45, 7) is 5.98. The number of aliphatic carboxylic acids is 1. The monoisotopic (exact) mass is 234 g/mol. The lowest BCUT2D eigenvalue weighted by atomic mass is 9.82. The molecule has 1 rings (SSSR count). The summed E-state index contributed by atoms with van der Waals surface area (Å²) in [4.78, 5) is 10.9. The lowest BCUT2D eigenvalue weighted by molar-refractivity contribution is -0.131. The number of ether oxygens (including phenoxy) is 1. The molecule has 0 bridgehead atoms. The van der Waals surface area contributed by atoms with Gasteiger partial charge in [0.15, 0.2) is 0 Å². The van der Waals surface area contributed by atoms with Crippen LogP contribution in [0.4, 0.5) is 0 Å². The van der Waals surface area contributed by atoms with Crippen LogP contribution in [0.3, 0.4) is 0 Å². The van der Waals surface area contributed by atoms with E-state index in [-0.39, 0.29) is 5.41 Å². The summed E-state index contributed by atoms with van der Waals surface area (Å²) >= 11 is 0. The Morgan fingerprint density at radius 2 is 1.76 bits per heavy atom. The third kappa shape index (κ3) is 3.63. The first kappa shape index (κ1) is 13.3. The first-order chi connectivity index (χ1) is 7.84. The molecule has 0 amide bonds. The Bertz CT molecular complexity index is 422. The molecule has 3 heteroatoms. The van der Waals surface area contributed by atoms with E-state index < -0.39 is 5.97 Å². The van der Waals surface area contributed by atoms with E-state index in [1.807, 2.05) is 45.0 Å². The molecule has 0 aliphatic carbocycles. The summed E-state index contributed by atoms with van der Waals surface area (Å²) in [6, 6.07) is 7.41. The molecule has 0 aromatic heterocycles.